The van der Waals surface area contributed by atoms with Crippen LogP contribution in [0.25, 0.3) is 22.9 Å². The molecule has 0 radical (unpaired) electrons. The molecule has 1 fully saturated rings. The molecule has 0 saturated heterocycles. The Balaban J connectivity index is 1.36. The molecule has 8 nitrogen and oxygen atoms in total. The summed E-state index contributed by atoms with van der Waals surface area (Å²) in [4.78, 5) is 24.4. The van der Waals surface area contributed by atoms with E-state index in [1.807, 2.05) is 31.2 Å². The molecule has 0 spiro atoms. The number of hydrogen-bond donors (Lipinski definition) is 1. The van der Waals surface area contributed by atoms with Gasteiger partial charge in [-0.25, -0.2) is 4.79 Å². The number of nitrogens with zero attached hydrogens (tertiary/aromatic N) is 3. The first-order valence-electron chi connectivity index (χ1n) is 10.4. The summed E-state index contributed by atoms with van der Waals surface area (Å²) in [5.74, 6) is -0.353. The van der Waals surface area contributed by atoms with Crippen LogP contribution < -0.4 is 5.32 Å². The van der Waals surface area contributed by atoms with Gasteiger partial charge in [0.15, 0.2) is 6.61 Å². The molecule has 4 rings (SSSR count). The fourth-order valence-electron chi connectivity index (χ4n) is 3.77. The average molecular weight is 430 g/mol. The molecule has 2 aromatic carbocycles. The van der Waals surface area contributed by atoms with Gasteiger partial charge in [0.1, 0.15) is 5.54 Å². The molecule has 0 atom stereocenters. The first kappa shape index (κ1) is 21.2. The Kier molecular flexibility index (Phi) is 5.99. The first-order valence-corrected chi connectivity index (χ1v) is 10.4. The fourth-order valence-corrected chi connectivity index (χ4v) is 3.77. The summed E-state index contributed by atoms with van der Waals surface area (Å²) in [6, 6.07) is 16.4. The number of nitrogens with one attached hydrogen (secondary N) is 1. The topological polar surface area (TPSA) is 118 Å². The van der Waals surface area contributed by atoms with Gasteiger partial charge in [-0.2, -0.15) is 5.26 Å². The lowest BCUT2D eigenvalue weighted by molar-refractivity contribution is -0.125. The van der Waals surface area contributed by atoms with Crippen molar-refractivity contribution in [3.05, 3.63) is 59.7 Å². The summed E-state index contributed by atoms with van der Waals surface area (Å²) >= 11 is 0. The van der Waals surface area contributed by atoms with Crippen LogP contribution in [0.5, 0.6) is 0 Å². The molecular formula is C24H22N4O4. The minimum absolute atomic E-state index is 0.288. The minimum atomic E-state index is -0.841. The summed E-state index contributed by atoms with van der Waals surface area (Å²) in [6.45, 7) is 1.53. The third-order valence-corrected chi connectivity index (χ3v) is 5.55. The molecule has 1 aliphatic carbocycles. The van der Waals surface area contributed by atoms with Crippen molar-refractivity contribution >= 4 is 11.9 Å². The Hall–Kier alpha value is -3.99. The number of carbonyl (C=O) groups excluding carboxylic acids is 2. The van der Waals surface area contributed by atoms with Crippen LogP contribution in [0.15, 0.2) is 52.9 Å². The zero-order valence-electron chi connectivity index (χ0n) is 17.6. The summed E-state index contributed by atoms with van der Waals surface area (Å²) in [5.41, 5.74) is 1.99. The molecule has 0 unspecified atom stereocenters. The third kappa shape index (κ3) is 4.52. The molecule has 0 aliphatic heterocycles. The Morgan fingerprint density at radius 3 is 2.47 bits per heavy atom. The zero-order chi connectivity index (χ0) is 22.6. The number of hydrogen-bond acceptors (Lipinski definition) is 7. The second-order valence-electron chi connectivity index (χ2n) is 7.83. The van der Waals surface area contributed by atoms with E-state index in [1.165, 1.54) is 0 Å². The standard InChI is InChI=1S/C24H22N4O4/c1-16-6-2-3-7-19(16)22-28-27-21(32-22)17-8-10-18(11-9-17)23(30)31-14-20(29)26-24(15-25)12-4-5-13-24/h2-3,6-11H,4-5,12-14H2,1H3,(H,26,29). The molecule has 32 heavy (non-hydrogen) atoms. The van der Waals surface area contributed by atoms with Crippen LogP contribution >= 0.6 is 0 Å². The number of aryl methyl sites for hydroxylation is 1. The quantitative estimate of drug-likeness (QED) is 0.591. The van der Waals surface area contributed by atoms with Crippen molar-refractivity contribution < 1.29 is 18.7 Å². The molecule has 1 saturated carbocycles. The Labute approximate surface area is 185 Å². The number of nitriles is 1. The number of esters is 1. The zero-order valence-corrected chi connectivity index (χ0v) is 17.6. The maximum absolute atomic E-state index is 12.3. The maximum Gasteiger partial charge on any atom is 0.338 e. The molecular weight excluding hydrogens is 408 g/mol. The van der Waals surface area contributed by atoms with Crippen molar-refractivity contribution in [3.63, 3.8) is 0 Å². The second-order valence-corrected chi connectivity index (χ2v) is 7.83. The minimum Gasteiger partial charge on any atom is -0.452 e. The second kappa shape index (κ2) is 9.02. The predicted molar refractivity (Wildman–Crippen MR) is 115 cm³/mol. The van der Waals surface area contributed by atoms with Gasteiger partial charge in [0, 0.05) is 11.1 Å². The van der Waals surface area contributed by atoms with Gasteiger partial charge >= 0.3 is 5.97 Å². The number of carbonyl (C=O) groups is 2. The molecule has 1 amide bonds. The van der Waals surface area contributed by atoms with Crippen molar-refractivity contribution in [1.29, 1.82) is 5.26 Å². The molecule has 8 heteroatoms. The highest BCUT2D eigenvalue weighted by atomic mass is 16.5. The smallest absolute Gasteiger partial charge is 0.338 e. The van der Waals surface area contributed by atoms with Gasteiger partial charge in [-0.1, -0.05) is 18.2 Å². The summed E-state index contributed by atoms with van der Waals surface area (Å²) < 4.78 is 10.9. The van der Waals surface area contributed by atoms with E-state index >= 15 is 0 Å². The lowest BCUT2D eigenvalue weighted by Gasteiger charge is -2.21. The summed E-state index contributed by atoms with van der Waals surface area (Å²) in [7, 11) is 0. The molecule has 3 aromatic rings. The molecule has 1 N–H and O–H groups in total. The predicted octanol–water partition coefficient (Wildman–Crippen LogP) is 3.82. The van der Waals surface area contributed by atoms with Crippen LogP contribution in [0.3, 0.4) is 0 Å². The number of ether oxygens (including phenoxy) is 1. The Morgan fingerprint density at radius 2 is 1.78 bits per heavy atom. The summed E-state index contributed by atoms with van der Waals surface area (Å²) in [6.07, 6.45) is 3.02. The van der Waals surface area contributed by atoms with Crippen LogP contribution in [0.1, 0.15) is 41.6 Å². The number of aromatic nitrogens is 2. The van der Waals surface area contributed by atoms with E-state index in [0.29, 0.717) is 30.2 Å². The highest BCUT2D eigenvalue weighted by Crippen LogP contribution is 2.29. The summed E-state index contributed by atoms with van der Waals surface area (Å²) in [5, 5.41) is 20.2. The number of benzene rings is 2. The number of rotatable bonds is 6. The van der Waals surface area contributed by atoms with E-state index < -0.39 is 24.0 Å². The van der Waals surface area contributed by atoms with Crippen LogP contribution in [-0.4, -0.2) is 34.2 Å². The Bertz CT molecular complexity index is 1170. The van der Waals surface area contributed by atoms with Gasteiger partial charge < -0.3 is 14.5 Å². The van der Waals surface area contributed by atoms with Crippen LogP contribution in [0.4, 0.5) is 0 Å². The molecule has 1 heterocycles. The normalized spacial score (nSPS) is 14.5. The van der Waals surface area contributed by atoms with Gasteiger partial charge in [0.05, 0.1) is 11.6 Å². The monoisotopic (exact) mass is 430 g/mol. The van der Waals surface area contributed by atoms with Crippen molar-refractivity contribution in [3.8, 4) is 29.0 Å². The SMILES string of the molecule is Cc1ccccc1-c1nnc(-c2ccc(C(=O)OCC(=O)NC3(C#N)CCCC3)cc2)o1. The van der Waals surface area contributed by atoms with Crippen LogP contribution in [-0.2, 0) is 9.53 Å². The van der Waals surface area contributed by atoms with Crippen molar-refractivity contribution in [2.45, 2.75) is 38.1 Å². The lowest BCUT2D eigenvalue weighted by Crippen LogP contribution is -2.46. The Morgan fingerprint density at radius 1 is 1.09 bits per heavy atom. The third-order valence-electron chi connectivity index (χ3n) is 5.55. The van der Waals surface area contributed by atoms with Crippen molar-refractivity contribution in [2.75, 3.05) is 6.61 Å². The lowest BCUT2D eigenvalue weighted by atomic mass is 10.00. The molecule has 1 aliphatic rings. The number of amides is 1. The van der Waals surface area contributed by atoms with Gasteiger partial charge in [-0.15, -0.1) is 10.2 Å². The van der Waals surface area contributed by atoms with E-state index in [1.54, 1.807) is 24.3 Å². The van der Waals surface area contributed by atoms with Crippen molar-refractivity contribution in [1.82, 2.24) is 15.5 Å². The highest BCUT2D eigenvalue weighted by molar-refractivity contribution is 5.91. The first-order chi connectivity index (χ1) is 15.5. The van der Waals surface area contributed by atoms with Crippen LogP contribution in [0.2, 0.25) is 0 Å². The fraction of sp³-hybridized carbons (Fsp3) is 0.292. The van der Waals surface area contributed by atoms with Gasteiger partial charge in [0.2, 0.25) is 11.8 Å². The largest absolute Gasteiger partial charge is 0.452 e. The van der Waals surface area contributed by atoms with E-state index in [9.17, 15) is 14.9 Å². The molecule has 0 bridgehead atoms. The van der Waals surface area contributed by atoms with Crippen LogP contribution in [0, 0.1) is 18.3 Å². The van der Waals surface area contributed by atoms with Gasteiger partial charge in [-0.05, 0) is 68.5 Å². The van der Waals surface area contributed by atoms with E-state index in [2.05, 4.69) is 21.6 Å². The molecule has 162 valence electrons. The van der Waals surface area contributed by atoms with E-state index in [0.717, 1.165) is 24.0 Å². The van der Waals surface area contributed by atoms with E-state index in [4.69, 9.17) is 9.15 Å². The highest BCUT2D eigenvalue weighted by Gasteiger charge is 2.35. The van der Waals surface area contributed by atoms with Gasteiger partial charge in [-0.3, -0.25) is 4.79 Å². The van der Waals surface area contributed by atoms with E-state index in [-0.39, 0.29) is 5.56 Å². The van der Waals surface area contributed by atoms with Crippen molar-refractivity contribution in [2.24, 2.45) is 0 Å². The molecule has 1 aromatic heterocycles. The maximum atomic E-state index is 12.3. The van der Waals surface area contributed by atoms with Gasteiger partial charge in [0.25, 0.3) is 5.91 Å². The average Bonchev–Trinajstić information content (AvgIpc) is 3.48.